The summed E-state index contributed by atoms with van der Waals surface area (Å²) in [4.78, 5) is 10.8. The van der Waals surface area contributed by atoms with Crippen LogP contribution in [0.1, 0.15) is 38.2 Å². The van der Waals surface area contributed by atoms with E-state index in [9.17, 15) is 4.79 Å². The molecule has 18 heavy (non-hydrogen) atoms. The largest absolute Gasteiger partial charge is 0.490 e. The number of carboxylic acids is 1. The molecule has 1 aromatic carbocycles. The predicted octanol–water partition coefficient (Wildman–Crippen LogP) is 3.27. The number of ether oxygens (including phenoxy) is 1. The maximum absolute atomic E-state index is 10.8. The van der Waals surface area contributed by atoms with Crippen molar-refractivity contribution in [1.82, 2.24) is 0 Å². The number of hydrogen-bond donors (Lipinski definition) is 1. The van der Waals surface area contributed by atoms with E-state index in [0.717, 1.165) is 31.4 Å². The zero-order chi connectivity index (χ0) is 13.0. The van der Waals surface area contributed by atoms with Crippen LogP contribution in [0.3, 0.4) is 0 Å². The van der Waals surface area contributed by atoms with Gasteiger partial charge in [-0.15, -0.1) is 0 Å². The van der Waals surface area contributed by atoms with Crippen molar-refractivity contribution in [3.8, 4) is 5.75 Å². The second-order valence-electron chi connectivity index (χ2n) is 4.95. The van der Waals surface area contributed by atoms with Gasteiger partial charge in [-0.2, -0.15) is 0 Å². The van der Waals surface area contributed by atoms with E-state index in [1.165, 1.54) is 5.56 Å². The minimum atomic E-state index is -0.724. The Labute approximate surface area is 108 Å². The van der Waals surface area contributed by atoms with E-state index in [-0.39, 0.29) is 18.4 Å². The van der Waals surface area contributed by atoms with Gasteiger partial charge in [0.2, 0.25) is 0 Å². The Balaban J connectivity index is 2.00. The standard InChI is InChI=1S/C15H20O3/c1-2-11-5-3-7-13(9-11)18-14-8-4-6-12(14)10-15(16)17/h3,5,7,9,12,14H,2,4,6,8,10H2,1H3,(H,16,17). The third-order valence-electron chi connectivity index (χ3n) is 3.62. The van der Waals surface area contributed by atoms with E-state index in [4.69, 9.17) is 9.84 Å². The fourth-order valence-electron chi connectivity index (χ4n) is 2.63. The topological polar surface area (TPSA) is 46.5 Å². The lowest BCUT2D eigenvalue weighted by Gasteiger charge is -2.20. The van der Waals surface area contributed by atoms with Crippen molar-refractivity contribution in [1.29, 1.82) is 0 Å². The fourth-order valence-corrected chi connectivity index (χ4v) is 2.63. The number of rotatable bonds is 5. The number of aliphatic carboxylic acids is 1. The highest BCUT2D eigenvalue weighted by atomic mass is 16.5. The summed E-state index contributed by atoms with van der Waals surface area (Å²) < 4.78 is 5.97. The zero-order valence-corrected chi connectivity index (χ0v) is 10.8. The minimum Gasteiger partial charge on any atom is -0.490 e. The Morgan fingerprint density at radius 1 is 1.44 bits per heavy atom. The monoisotopic (exact) mass is 248 g/mol. The van der Waals surface area contributed by atoms with Crippen molar-refractivity contribution in [3.63, 3.8) is 0 Å². The van der Waals surface area contributed by atoms with E-state index in [0.29, 0.717) is 0 Å². The number of carbonyl (C=O) groups is 1. The quantitative estimate of drug-likeness (QED) is 0.869. The van der Waals surface area contributed by atoms with Gasteiger partial charge in [0.25, 0.3) is 0 Å². The Kier molecular flexibility index (Phi) is 4.24. The Morgan fingerprint density at radius 3 is 3.00 bits per heavy atom. The summed E-state index contributed by atoms with van der Waals surface area (Å²) in [6.45, 7) is 2.11. The summed E-state index contributed by atoms with van der Waals surface area (Å²) in [6, 6.07) is 8.08. The molecule has 0 heterocycles. The number of benzene rings is 1. The molecule has 1 aliphatic carbocycles. The van der Waals surface area contributed by atoms with Crippen LogP contribution in [0.5, 0.6) is 5.75 Å². The molecular formula is C15H20O3. The van der Waals surface area contributed by atoms with Crippen LogP contribution in [0.25, 0.3) is 0 Å². The van der Waals surface area contributed by atoms with E-state index in [1.54, 1.807) is 0 Å². The first-order valence-electron chi connectivity index (χ1n) is 6.66. The van der Waals surface area contributed by atoms with Crippen molar-refractivity contribution in [2.45, 2.75) is 45.1 Å². The Morgan fingerprint density at radius 2 is 2.28 bits per heavy atom. The van der Waals surface area contributed by atoms with E-state index in [2.05, 4.69) is 19.1 Å². The van der Waals surface area contributed by atoms with Gasteiger partial charge in [0.1, 0.15) is 11.9 Å². The van der Waals surface area contributed by atoms with Crippen LogP contribution in [0.2, 0.25) is 0 Å². The molecule has 2 rings (SSSR count). The smallest absolute Gasteiger partial charge is 0.303 e. The second-order valence-corrected chi connectivity index (χ2v) is 4.95. The van der Waals surface area contributed by atoms with Gasteiger partial charge in [0.15, 0.2) is 0 Å². The van der Waals surface area contributed by atoms with Crippen molar-refractivity contribution < 1.29 is 14.6 Å². The minimum absolute atomic E-state index is 0.0632. The lowest BCUT2D eigenvalue weighted by Crippen LogP contribution is -2.23. The fraction of sp³-hybridized carbons (Fsp3) is 0.533. The highest BCUT2D eigenvalue weighted by Gasteiger charge is 2.30. The van der Waals surface area contributed by atoms with Gasteiger partial charge in [-0.3, -0.25) is 4.79 Å². The molecule has 3 heteroatoms. The van der Waals surface area contributed by atoms with Crippen LogP contribution < -0.4 is 4.74 Å². The molecule has 1 aliphatic rings. The molecule has 98 valence electrons. The lowest BCUT2D eigenvalue weighted by molar-refractivity contribution is -0.138. The summed E-state index contributed by atoms with van der Waals surface area (Å²) >= 11 is 0. The molecule has 1 fully saturated rings. The van der Waals surface area contributed by atoms with Crippen LogP contribution in [-0.4, -0.2) is 17.2 Å². The summed E-state index contributed by atoms with van der Waals surface area (Å²) in [6.07, 6.45) is 4.26. The lowest BCUT2D eigenvalue weighted by atomic mass is 10.0. The van der Waals surface area contributed by atoms with Crippen molar-refractivity contribution in [2.24, 2.45) is 5.92 Å². The maximum atomic E-state index is 10.8. The SMILES string of the molecule is CCc1cccc(OC2CCCC2CC(=O)O)c1. The molecular weight excluding hydrogens is 228 g/mol. The van der Waals surface area contributed by atoms with Gasteiger partial charge in [-0.1, -0.05) is 19.1 Å². The predicted molar refractivity (Wildman–Crippen MR) is 69.8 cm³/mol. The molecule has 2 unspecified atom stereocenters. The molecule has 0 radical (unpaired) electrons. The number of carboxylic acid groups (broad SMARTS) is 1. The highest BCUT2D eigenvalue weighted by Crippen LogP contribution is 2.32. The number of hydrogen-bond acceptors (Lipinski definition) is 2. The highest BCUT2D eigenvalue weighted by molar-refractivity contribution is 5.67. The molecule has 1 N–H and O–H groups in total. The maximum Gasteiger partial charge on any atom is 0.303 e. The van der Waals surface area contributed by atoms with Gasteiger partial charge in [0, 0.05) is 5.92 Å². The van der Waals surface area contributed by atoms with Gasteiger partial charge in [-0.05, 0) is 43.4 Å². The van der Waals surface area contributed by atoms with E-state index in [1.807, 2.05) is 12.1 Å². The molecule has 2 atom stereocenters. The van der Waals surface area contributed by atoms with Crippen LogP contribution >= 0.6 is 0 Å². The summed E-state index contributed by atoms with van der Waals surface area (Å²) in [5.41, 5.74) is 1.25. The van der Waals surface area contributed by atoms with Crippen LogP contribution in [0.4, 0.5) is 0 Å². The molecule has 0 saturated heterocycles. The Hall–Kier alpha value is -1.51. The third kappa shape index (κ3) is 3.25. The van der Waals surface area contributed by atoms with Gasteiger partial charge < -0.3 is 9.84 Å². The van der Waals surface area contributed by atoms with Crippen LogP contribution in [0, 0.1) is 5.92 Å². The zero-order valence-electron chi connectivity index (χ0n) is 10.8. The van der Waals surface area contributed by atoms with Gasteiger partial charge in [0.05, 0.1) is 6.42 Å². The first kappa shape index (κ1) is 12.9. The number of aryl methyl sites for hydroxylation is 1. The molecule has 0 spiro atoms. The third-order valence-corrected chi connectivity index (χ3v) is 3.62. The van der Waals surface area contributed by atoms with Crippen molar-refractivity contribution in [2.75, 3.05) is 0 Å². The van der Waals surface area contributed by atoms with Crippen LogP contribution in [-0.2, 0) is 11.2 Å². The molecule has 0 amide bonds. The molecule has 1 aromatic rings. The average Bonchev–Trinajstić information content (AvgIpc) is 2.76. The Bertz CT molecular complexity index is 414. The van der Waals surface area contributed by atoms with Crippen molar-refractivity contribution in [3.05, 3.63) is 29.8 Å². The van der Waals surface area contributed by atoms with Gasteiger partial charge in [-0.25, -0.2) is 0 Å². The summed E-state index contributed by atoms with van der Waals surface area (Å²) in [5.74, 6) is 0.308. The van der Waals surface area contributed by atoms with E-state index >= 15 is 0 Å². The molecule has 3 nitrogen and oxygen atoms in total. The summed E-state index contributed by atoms with van der Waals surface area (Å²) in [5, 5.41) is 8.88. The summed E-state index contributed by atoms with van der Waals surface area (Å²) in [7, 11) is 0. The first-order chi connectivity index (χ1) is 8.69. The molecule has 0 bridgehead atoms. The average molecular weight is 248 g/mol. The van der Waals surface area contributed by atoms with Crippen LogP contribution in [0.15, 0.2) is 24.3 Å². The molecule has 1 saturated carbocycles. The van der Waals surface area contributed by atoms with Crippen molar-refractivity contribution >= 4 is 5.97 Å². The normalized spacial score (nSPS) is 22.9. The molecule has 0 aliphatic heterocycles. The first-order valence-corrected chi connectivity index (χ1v) is 6.66. The second kappa shape index (κ2) is 5.89. The van der Waals surface area contributed by atoms with E-state index < -0.39 is 5.97 Å². The van der Waals surface area contributed by atoms with Gasteiger partial charge >= 0.3 is 5.97 Å². The molecule has 0 aromatic heterocycles.